The summed E-state index contributed by atoms with van der Waals surface area (Å²) in [7, 11) is 0. The van der Waals surface area contributed by atoms with Crippen LogP contribution in [0.1, 0.15) is 42.6 Å². The molecule has 144 valence electrons. The van der Waals surface area contributed by atoms with E-state index in [0.29, 0.717) is 12.5 Å². The molecule has 0 aliphatic heterocycles. The van der Waals surface area contributed by atoms with Crippen LogP contribution in [0.2, 0.25) is 0 Å². The number of carbonyl (C=O) groups is 1. The zero-order valence-electron chi connectivity index (χ0n) is 15.6. The van der Waals surface area contributed by atoms with Crippen LogP contribution in [0, 0.1) is 0 Å². The number of hydroxylamine groups is 1. The number of nitrogens with zero attached hydrogens (tertiary/aromatic N) is 1. The van der Waals surface area contributed by atoms with Gasteiger partial charge in [-0.3, -0.25) is 10.0 Å². The summed E-state index contributed by atoms with van der Waals surface area (Å²) in [5, 5.41) is 12.1. The number of hydrogen-bond donors (Lipinski definition) is 4. The zero-order chi connectivity index (χ0) is 19.3. The monoisotopic (exact) mass is 376 g/mol. The van der Waals surface area contributed by atoms with Crippen molar-refractivity contribution < 1.29 is 10.0 Å². The molecule has 1 saturated carbocycles. The first-order chi connectivity index (χ1) is 13.7. The Morgan fingerprint density at radius 2 is 1.96 bits per heavy atom. The molecule has 1 aliphatic carbocycles. The van der Waals surface area contributed by atoms with Crippen molar-refractivity contribution in [3.05, 3.63) is 65.5 Å². The Kier molecular flexibility index (Phi) is 5.39. The van der Waals surface area contributed by atoms with Crippen molar-refractivity contribution in [1.82, 2.24) is 15.4 Å². The molecule has 2 aromatic carbocycles. The van der Waals surface area contributed by atoms with Crippen LogP contribution in [0.25, 0.3) is 17.1 Å². The van der Waals surface area contributed by atoms with Crippen LogP contribution in [-0.2, 0) is 11.2 Å². The summed E-state index contributed by atoms with van der Waals surface area (Å²) in [6, 6.07) is 14.8. The molecule has 6 nitrogen and oxygen atoms in total. The Bertz CT molecular complexity index is 985. The molecule has 1 heterocycles. The first kappa shape index (κ1) is 18.3. The molecule has 3 aromatic rings. The molecule has 0 unspecified atom stereocenters. The van der Waals surface area contributed by atoms with Crippen molar-refractivity contribution >= 4 is 28.7 Å². The Morgan fingerprint density at radius 1 is 1.18 bits per heavy atom. The highest BCUT2D eigenvalue weighted by Gasteiger charge is 2.14. The summed E-state index contributed by atoms with van der Waals surface area (Å²) in [6.45, 7) is 0. The van der Waals surface area contributed by atoms with Crippen LogP contribution in [-0.4, -0.2) is 27.1 Å². The third kappa shape index (κ3) is 4.40. The van der Waals surface area contributed by atoms with Crippen molar-refractivity contribution in [2.24, 2.45) is 0 Å². The topological polar surface area (TPSA) is 90.0 Å². The number of imidazole rings is 1. The lowest BCUT2D eigenvalue weighted by Gasteiger charge is -2.13. The number of hydrogen-bond acceptors (Lipinski definition) is 4. The summed E-state index contributed by atoms with van der Waals surface area (Å²) in [4.78, 5) is 19.2. The predicted molar refractivity (Wildman–Crippen MR) is 110 cm³/mol. The van der Waals surface area contributed by atoms with E-state index in [1.54, 1.807) is 11.6 Å². The standard InChI is InChI=1S/C22H24N4O2/c27-22(26-28)12-9-15-5-7-16(8-6-15)13-21-24-19-11-10-18(14-20(19)25-21)23-17-3-1-2-4-17/h5-12,14,17,23,28H,1-4,13H2,(H,24,25)(H,26,27). The largest absolute Gasteiger partial charge is 0.382 e. The maximum atomic E-state index is 11.0. The van der Waals surface area contributed by atoms with Crippen molar-refractivity contribution in [3.8, 4) is 0 Å². The van der Waals surface area contributed by atoms with Crippen LogP contribution >= 0.6 is 0 Å². The van der Waals surface area contributed by atoms with Crippen molar-refractivity contribution in [2.75, 3.05) is 5.32 Å². The minimum absolute atomic E-state index is 0.548. The normalized spacial score (nSPS) is 14.8. The molecule has 6 heteroatoms. The van der Waals surface area contributed by atoms with Gasteiger partial charge in [0.25, 0.3) is 5.91 Å². The van der Waals surface area contributed by atoms with E-state index >= 15 is 0 Å². The quantitative estimate of drug-likeness (QED) is 0.297. The number of anilines is 1. The first-order valence-corrected chi connectivity index (χ1v) is 9.66. The molecule has 1 fully saturated rings. The molecule has 4 N–H and O–H groups in total. The third-order valence-corrected chi connectivity index (χ3v) is 5.15. The lowest BCUT2D eigenvalue weighted by atomic mass is 10.1. The van der Waals surface area contributed by atoms with E-state index in [2.05, 4.69) is 28.5 Å². The smallest absolute Gasteiger partial charge is 0.267 e. The van der Waals surface area contributed by atoms with Crippen LogP contribution in [0.5, 0.6) is 0 Å². The fourth-order valence-electron chi connectivity index (χ4n) is 3.69. The first-order valence-electron chi connectivity index (χ1n) is 9.66. The van der Waals surface area contributed by atoms with Gasteiger partial charge in [-0.05, 0) is 48.2 Å². The second-order valence-corrected chi connectivity index (χ2v) is 7.27. The number of aromatic nitrogens is 2. The molecule has 0 atom stereocenters. The van der Waals surface area contributed by atoms with Gasteiger partial charge < -0.3 is 10.3 Å². The number of amides is 1. The van der Waals surface area contributed by atoms with Crippen LogP contribution < -0.4 is 10.8 Å². The number of benzene rings is 2. The summed E-state index contributed by atoms with van der Waals surface area (Å²) in [5.41, 5.74) is 6.77. The van der Waals surface area contributed by atoms with Crippen LogP contribution in [0.15, 0.2) is 48.5 Å². The van der Waals surface area contributed by atoms with Crippen LogP contribution in [0.4, 0.5) is 5.69 Å². The van der Waals surface area contributed by atoms with Gasteiger partial charge in [-0.25, -0.2) is 10.5 Å². The lowest BCUT2D eigenvalue weighted by Crippen LogP contribution is -2.14. The van der Waals surface area contributed by atoms with Gasteiger partial charge in [-0.1, -0.05) is 37.1 Å². The molecular weight excluding hydrogens is 352 g/mol. The molecule has 1 aromatic heterocycles. The van der Waals surface area contributed by atoms with E-state index < -0.39 is 5.91 Å². The highest BCUT2D eigenvalue weighted by atomic mass is 16.5. The number of nitrogens with one attached hydrogen (secondary N) is 3. The van der Waals surface area contributed by atoms with Gasteiger partial charge in [-0.15, -0.1) is 0 Å². The maximum Gasteiger partial charge on any atom is 0.267 e. The molecule has 0 saturated heterocycles. The van der Waals surface area contributed by atoms with E-state index in [1.165, 1.54) is 31.8 Å². The SMILES string of the molecule is O=C(C=Cc1ccc(Cc2nc3ccc(NC4CCCC4)cc3[nH]2)cc1)NO. The zero-order valence-corrected chi connectivity index (χ0v) is 15.6. The van der Waals surface area contributed by atoms with Crippen molar-refractivity contribution in [3.63, 3.8) is 0 Å². The Labute approximate surface area is 163 Å². The summed E-state index contributed by atoms with van der Waals surface area (Å²) >= 11 is 0. The van der Waals surface area contributed by atoms with E-state index in [-0.39, 0.29) is 0 Å². The average molecular weight is 376 g/mol. The molecule has 0 radical (unpaired) electrons. The molecule has 4 rings (SSSR count). The van der Waals surface area contributed by atoms with Gasteiger partial charge in [0.05, 0.1) is 11.0 Å². The van der Waals surface area contributed by atoms with E-state index in [4.69, 9.17) is 10.2 Å². The van der Waals surface area contributed by atoms with Gasteiger partial charge >= 0.3 is 0 Å². The maximum absolute atomic E-state index is 11.0. The molecule has 1 amide bonds. The number of aromatic amines is 1. The van der Waals surface area contributed by atoms with E-state index in [0.717, 1.165) is 33.7 Å². The van der Waals surface area contributed by atoms with Gasteiger partial charge in [0.15, 0.2) is 0 Å². The highest BCUT2D eigenvalue weighted by Crippen LogP contribution is 2.24. The fourth-order valence-corrected chi connectivity index (χ4v) is 3.69. The molecular formula is C22H24N4O2. The van der Waals surface area contributed by atoms with E-state index in [9.17, 15) is 4.79 Å². The van der Waals surface area contributed by atoms with Gasteiger partial charge in [-0.2, -0.15) is 0 Å². The molecule has 0 bridgehead atoms. The third-order valence-electron chi connectivity index (χ3n) is 5.15. The van der Waals surface area contributed by atoms with E-state index in [1.807, 2.05) is 24.3 Å². The predicted octanol–water partition coefficient (Wildman–Crippen LogP) is 4.03. The second-order valence-electron chi connectivity index (χ2n) is 7.27. The number of carbonyl (C=O) groups excluding carboxylic acids is 1. The Balaban J connectivity index is 1.44. The van der Waals surface area contributed by atoms with Gasteiger partial charge in [0, 0.05) is 24.2 Å². The number of fused-ring (bicyclic) bond motifs is 1. The number of H-pyrrole nitrogens is 1. The van der Waals surface area contributed by atoms with Crippen LogP contribution in [0.3, 0.4) is 0 Å². The summed E-state index contributed by atoms with van der Waals surface area (Å²) in [5.74, 6) is 0.379. The lowest BCUT2D eigenvalue weighted by molar-refractivity contribution is -0.124. The Morgan fingerprint density at radius 3 is 2.71 bits per heavy atom. The number of rotatable bonds is 6. The average Bonchev–Trinajstić information content (AvgIpc) is 3.36. The fraction of sp³-hybridized carbons (Fsp3) is 0.273. The minimum Gasteiger partial charge on any atom is -0.382 e. The second kappa shape index (κ2) is 8.27. The molecule has 0 spiro atoms. The molecule has 28 heavy (non-hydrogen) atoms. The highest BCUT2D eigenvalue weighted by molar-refractivity contribution is 5.90. The van der Waals surface area contributed by atoms with Gasteiger partial charge in [0.2, 0.25) is 0 Å². The summed E-state index contributed by atoms with van der Waals surface area (Å²) < 4.78 is 0. The minimum atomic E-state index is -0.548. The molecule has 1 aliphatic rings. The summed E-state index contributed by atoms with van der Waals surface area (Å²) in [6.07, 6.45) is 8.78. The Hall–Kier alpha value is -3.12. The van der Waals surface area contributed by atoms with Crippen molar-refractivity contribution in [2.45, 2.75) is 38.1 Å². The van der Waals surface area contributed by atoms with Crippen molar-refractivity contribution in [1.29, 1.82) is 0 Å². The van der Waals surface area contributed by atoms with Gasteiger partial charge in [0.1, 0.15) is 5.82 Å².